The highest BCUT2D eigenvalue weighted by atomic mass is 19.1. The molecule has 1 N–H and O–H groups in total. The molecule has 7 heteroatoms. The molecule has 0 bridgehead atoms. The minimum absolute atomic E-state index is 0.243. The predicted molar refractivity (Wildman–Crippen MR) is 108 cm³/mol. The number of halogens is 1. The standard InChI is InChI=1S/C23H20FNO5/c1-13-20(23(28)29-3)14(2)25-21(13)19(26)12-30-18-10-6-16(7-11-18)22(27)15-4-8-17(24)9-5-15/h4-11,25H,12H2,1-3H3. The number of benzene rings is 2. The smallest absolute Gasteiger partial charge is 0.339 e. The van der Waals surface area contributed by atoms with Crippen LogP contribution in [0.1, 0.15) is 48.0 Å². The number of carbonyl (C=O) groups excluding carboxylic acids is 3. The zero-order valence-electron chi connectivity index (χ0n) is 16.7. The first-order chi connectivity index (χ1) is 14.3. The van der Waals surface area contributed by atoms with Crippen molar-refractivity contribution in [2.75, 3.05) is 13.7 Å². The fourth-order valence-electron chi connectivity index (χ4n) is 3.13. The van der Waals surface area contributed by atoms with Crippen LogP contribution in [-0.4, -0.2) is 36.2 Å². The van der Waals surface area contributed by atoms with Crippen molar-refractivity contribution in [3.8, 4) is 5.75 Å². The number of aryl methyl sites for hydroxylation is 1. The average molecular weight is 409 g/mol. The van der Waals surface area contributed by atoms with E-state index in [1.54, 1.807) is 38.1 Å². The number of Topliss-reactive ketones (excluding diaryl/α,β-unsaturated/α-hetero) is 1. The van der Waals surface area contributed by atoms with Crippen LogP contribution in [0.25, 0.3) is 0 Å². The Morgan fingerprint density at radius 3 is 2.07 bits per heavy atom. The molecule has 3 rings (SSSR count). The lowest BCUT2D eigenvalue weighted by Gasteiger charge is -2.07. The number of nitrogens with one attached hydrogen (secondary N) is 1. The first-order valence-corrected chi connectivity index (χ1v) is 9.15. The molecule has 1 aromatic heterocycles. The van der Waals surface area contributed by atoms with Crippen LogP contribution in [0, 0.1) is 19.7 Å². The summed E-state index contributed by atoms with van der Waals surface area (Å²) >= 11 is 0. The number of esters is 1. The Morgan fingerprint density at radius 1 is 0.933 bits per heavy atom. The Morgan fingerprint density at radius 2 is 1.50 bits per heavy atom. The molecule has 0 aliphatic carbocycles. The van der Waals surface area contributed by atoms with Crippen molar-refractivity contribution >= 4 is 17.5 Å². The molecule has 0 spiro atoms. The topological polar surface area (TPSA) is 85.5 Å². The van der Waals surface area contributed by atoms with Crippen molar-refractivity contribution < 1.29 is 28.2 Å². The van der Waals surface area contributed by atoms with Gasteiger partial charge in [-0.05, 0) is 67.9 Å². The Hall–Kier alpha value is -3.74. The number of ether oxygens (including phenoxy) is 2. The van der Waals surface area contributed by atoms with E-state index in [0.29, 0.717) is 33.7 Å². The SMILES string of the molecule is COC(=O)c1c(C)[nH]c(C(=O)COc2ccc(C(=O)c3ccc(F)cc3)cc2)c1C. The maximum atomic E-state index is 13.0. The molecule has 30 heavy (non-hydrogen) atoms. The highest BCUT2D eigenvalue weighted by molar-refractivity contribution is 6.09. The van der Waals surface area contributed by atoms with Crippen molar-refractivity contribution in [2.45, 2.75) is 13.8 Å². The van der Waals surface area contributed by atoms with Gasteiger partial charge in [0.25, 0.3) is 0 Å². The molecule has 0 atom stereocenters. The lowest BCUT2D eigenvalue weighted by molar-refractivity contribution is 0.0599. The van der Waals surface area contributed by atoms with Crippen LogP contribution in [0.4, 0.5) is 4.39 Å². The van der Waals surface area contributed by atoms with E-state index >= 15 is 0 Å². The second-order valence-electron chi connectivity index (χ2n) is 6.69. The molecule has 0 aliphatic rings. The molecule has 2 aromatic carbocycles. The normalized spacial score (nSPS) is 10.5. The summed E-state index contributed by atoms with van der Waals surface area (Å²) < 4.78 is 23.3. The first-order valence-electron chi connectivity index (χ1n) is 9.15. The zero-order chi connectivity index (χ0) is 21.8. The van der Waals surface area contributed by atoms with E-state index in [4.69, 9.17) is 9.47 Å². The Kier molecular flexibility index (Phi) is 6.11. The van der Waals surface area contributed by atoms with Crippen molar-refractivity contribution in [3.63, 3.8) is 0 Å². The molecule has 0 amide bonds. The van der Waals surface area contributed by atoms with Gasteiger partial charge < -0.3 is 14.5 Å². The number of aromatic amines is 1. The van der Waals surface area contributed by atoms with Crippen LogP contribution in [0.2, 0.25) is 0 Å². The van der Waals surface area contributed by atoms with Gasteiger partial charge in [0.1, 0.15) is 11.6 Å². The van der Waals surface area contributed by atoms with E-state index in [0.717, 1.165) is 0 Å². The maximum absolute atomic E-state index is 13.0. The highest BCUT2D eigenvalue weighted by Gasteiger charge is 2.22. The van der Waals surface area contributed by atoms with Gasteiger partial charge in [-0.25, -0.2) is 9.18 Å². The van der Waals surface area contributed by atoms with Crippen molar-refractivity contribution in [1.82, 2.24) is 4.98 Å². The van der Waals surface area contributed by atoms with Gasteiger partial charge in [0, 0.05) is 16.8 Å². The lowest BCUT2D eigenvalue weighted by Crippen LogP contribution is -2.13. The van der Waals surface area contributed by atoms with Crippen molar-refractivity contribution in [2.24, 2.45) is 0 Å². The van der Waals surface area contributed by atoms with Gasteiger partial charge in [0.2, 0.25) is 5.78 Å². The first kappa shape index (κ1) is 21.0. The third kappa shape index (κ3) is 4.30. The van der Waals surface area contributed by atoms with E-state index in [-0.39, 0.29) is 23.9 Å². The van der Waals surface area contributed by atoms with Gasteiger partial charge in [-0.15, -0.1) is 0 Å². The van der Waals surface area contributed by atoms with Crippen LogP contribution >= 0.6 is 0 Å². The molecule has 0 saturated heterocycles. The number of rotatable bonds is 7. The number of hydrogen-bond acceptors (Lipinski definition) is 5. The largest absolute Gasteiger partial charge is 0.485 e. The molecule has 6 nitrogen and oxygen atoms in total. The van der Waals surface area contributed by atoms with Gasteiger partial charge in [-0.2, -0.15) is 0 Å². The summed E-state index contributed by atoms with van der Waals surface area (Å²) in [4.78, 5) is 39.7. The monoisotopic (exact) mass is 409 g/mol. The molecule has 0 saturated carbocycles. The molecule has 1 heterocycles. The second kappa shape index (κ2) is 8.73. The van der Waals surface area contributed by atoms with Crippen LogP contribution < -0.4 is 4.74 Å². The Labute approximate surface area is 172 Å². The number of methoxy groups -OCH3 is 1. The average Bonchev–Trinajstić information content (AvgIpc) is 3.06. The summed E-state index contributed by atoms with van der Waals surface area (Å²) in [6.45, 7) is 3.11. The number of aromatic nitrogens is 1. The molecule has 3 aromatic rings. The van der Waals surface area contributed by atoms with E-state index in [1.165, 1.54) is 31.4 Å². The number of carbonyl (C=O) groups is 3. The van der Waals surface area contributed by atoms with Crippen LogP contribution in [0.15, 0.2) is 48.5 Å². The van der Waals surface area contributed by atoms with Crippen molar-refractivity contribution in [3.05, 3.63) is 88.0 Å². The summed E-state index contributed by atoms with van der Waals surface area (Å²) in [5.41, 5.74) is 2.47. The molecule has 0 aliphatic heterocycles. The lowest BCUT2D eigenvalue weighted by atomic mass is 10.0. The summed E-state index contributed by atoms with van der Waals surface area (Å²) in [6, 6.07) is 11.6. The van der Waals surface area contributed by atoms with E-state index in [9.17, 15) is 18.8 Å². The van der Waals surface area contributed by atoms with Gasteiger partial charge in [0.05, 0.1) is 18.4 Å². The molecule has 0 unspecified atom stereocenters. The molecule has 154 valence electrons. The fraction of sp³-hybridized carbons (Fsp3) is 0.174. The van der Waals surface area contributed by atoms with Gasteiger partial charge >= 0.3 is 5.97 Å². The molecule has 0 fully saturated rings. The molecular weight excluding hydrogens is 389 g/mol. The van der Waals surface area contributed by atoms with Gasteiger partial charge in [-0.3, -0.25) is 9.59 Å². The quantitative estimate of drug-likeness (QED) is 0.470. The minimum atomic E-state index is -0.511. The van der Waals surface area contributed by atoms with Gasteiger partial charge in [-0.1, -0.05) is 0 Å². The molecule has 0 radical (unpaired) electrons. The Balaban J connectivity index is 1.67. The van der Waals surface area contributed by atoms with E-state index in [2.05, 4.69) is 4.98 Å². The van der Waals surface area contributed by atoms with Crippen LogP contribution in [0.3, 0.4) is 0 Å². The third-order valence-corrected chi connectivity index (χ3v) is 4.70. The highest BCUT2D eigenvalue weighted by Crippen LogP contribution is 2.20. The van der Waals surface area contributed by atoms with Crippen LogP contribution in [0.5, 0.6) is 5.75 Å². The summed E-state index contributed by atoms with van der Waals surface area (Å²) in [5.74, 6) is -1.08. The second-order valence-corrected chi connectivity index (χ2v) is 6.69. The van der Waals surface area contributed by atoms with E-state index in [1.807, 2.05) is 0 Å². The predicted octanol–water partition coefficient (Wildman–Crippen LogP) is 4.05. The summed E-state index contributed by atoms with van der Waals surface area (Å²) in [7, 11) is 1.28. The summed E-state index contributed by atoms with van der Waals surface area (Å²) in [6.07, 6.45) is 0. The van der Waals surface area contributed by atoms with E-state index < -0.39 is 11.8 Å². The minimum Gasteiger partial charge on any atom is -0.485 e. The number of H-pyrrole nitrogens is 1. The van der Waals surface area contributed by atoms with Crippen LogP contribution in [-0.2, 0) is 4.74 Å². The number of hydrogen-bond donors (Lipinski definition) is 1. The fourth-order valence-corrected chi connectivity index (χ4v) is 3.13. The maximum Gasteiger partial charge on any atom is 0.339 e. The summed E-state index contributed by atoms with van der Waals surface area (Å²) in [5, 5.41) is 0. The zero-order valence-corrected chi connectivity index (χ0v) is 16.7. The third-order valence-electron chi connectivity index (χ3n) is 4.70. The van der Waals surface area contributed by atoms with Crippen molar-refractivity contribution in [1.29, 1.82) is 0 Å². The number of ketones is 2. The molecular formula is C23H20FNO5. The van der Waals surface area contributed by atoms with Gasteiger partial charge in [0.15, 0.2) is 12.4 Å². The Bertz CT molecular complexity index is 1100.